The molecule has 0 atom stereocenters. The van der Waals surface area contributed by atoms with Crippen LogP contribution in [0.3, 0.4) is 0 Å². The second-order valence-corrected chi connectivity index (χ2v) is 3.91. The molecule has 2 rings (SSSR count). The molecule has 0 aliphatic heterocycles. The zero-order valence-electron chi connectivity index (χ0n) is 9.89. The Balaban J connectivity index is 2.26. The smallest absolute Gasteiger partial charge is 0.222 e. The van der Waals surface area contributed by atoms with Gasteiger partial charge in [0, 0.05) is 12.1 Å². The summed E-state index contributed by atoms with van der Waals surface area (Å²) in [7, 11) is 0. The van der Waals surface area contributed by atoms with Crippen LogP contribution in [0.5, 0.6) is 17.5 Å². The maximum absolute atomic E-state index is 6.02. The Bertz CT molecular complexity index is 526. The molecule has 0 fully saturated rings. The first-order valence-electron chi connectivity index (χ1n) is 5.52. The standard InChI is InChI=1S/C13H13ClN2O2/c1-2-17-11-7-4-8-12(16-11)18-13-9(14)5-3-6-10(13)15/h3-8H,2,15H2,1H3. The van der Waals surface area contributed by atoms with Crippen LogP contribution < -0.4 is 15.2 Å². The normalized spacial score (nSPS) is 10.1. The number of rotatable bonds is 4. The average Bonchev–Trinajstić information content (AvgIpc) is 2.35. The number of hydrogen-bond acceptors (Lipinski definition) is 4. The molecule has 0 saturated heterocycles. The van der Waals surface area contributed by atoms with Crippen LogP contribution >= 0.6 is 11.6 Å². The fourth-order valence-electron chi connectivity index (χ4n) is 1.42. The summed E-state index contributed by atoms with van der Waals surface area (Å²) in [6.07, 6.45) is 0. The van der Waals surface area contributed by atoms with Gasteiger partial charge in [-0.1, -0.05) is 23.7 Å². The third kappa shape index (κ3) is 2.84. The predicted octanol–water partition coefficient (Wildman–Crippen LogP) is 3.51. The molecule has 0 amide bonds. The third-order valence-corrected chi connectivity index (χ3v) is 2.49. The zero-order valence-corrected chi connectivity index (χ0v) is 10.6. The predicted molar refractivity (Wildman–Crippen MR) is 71.3 cm³/mol. The van der Waals surface area contributed by atoms with Crippen molar-refractivity contribution >= 4 is 17.3 Å². The van der Waals surface area contributed by atoms with E-state index in [9.17, 15) is 0 Å². The molecule has 0 radical (unpaired) electrons. The van der Waals surface area contributed by atoms with Crippen LogP contribution in [-0.4, -0.2) is 11.6 Å². The molecule has 5 heteroatoms. The van der Waals surface area contributed by atoms with Gasteiger partial charge in [0.15, 0.2) is 5.75 Å². The summed E-state index contributed by atoms with van der Waals surface area (Å²) in [5.74, 6) is 1.29. The van der Waals surface area contributed by atoms with Crippen LogP contribution in [-0.2, 0) is 0 Å². The van der Waals surface area contributed by atoms with Gasteiger partial charge in [0.25, 0.3) is 0 Å². The number of anilines is 1. The fourth-order valence-corrected chi connectivity index (χ4v) is 1.64. The second kappa shape index (κ2) is 5.60. The number of pyridine rings is 1. The van der Waals surface area contributed by atoms with Crippen LogP contribution in [0.25, 0.3) is 0 Å². The van der Waals surface area contributed by atoms with E-state index in [2.05, 4.69) is 4.98 Å². The molecule has 0 bridgehead atoms. The number of nitrogen functional groups attached to an aromatic ring is 1. The van der Waals surface area contributed by atoms with Gasteiger partial charge in [-0.2, -0.15) is 4.98 Å². The maximum atomic E-state index is 6.02. The number of benzene rings is 1. The van der Waals surface area contributed by atoms with Gasteiger partial charge in [-0.15, -0.1) is 0 Å². The number of nitrogens with zero attached hydrogens (tertiary/aromatic N) is 1. The second-order valence-electron chi connectivity index (χ2n) is 3.51. The van der Waals surface area contributed by atoms with Crippen molar-refractivity contribution in [3.63, 3.8) is 0 Å². The Kier molecular flexibility index (Phi) is 3.89. The van der Waals surface area contributed by atoms with Crippen LogP contribution in [0.4, 0.5) is 5.69 Å². The minimum atomic E-state index is 0.390. The Morgan fingerprint density at radius 2 is 1.89 bits per heavy atom. The highest BCUT2D eigenvalue weighted by atomic mass is 35.5. The highest BCUT2D eigenvalue weighted by Crippen LogP contribution is 2.34. The molecule has 0 saturated carbocycles. The third-order valence-electron chi connectivity index (χ3n) is 2.19. The first-order valence-corrected chi connectivity index (χ1v) is 5.90. The SMILES string of the molecule is CCOc1cccc(Oc2c(N)cccc2Cl)n1. The van der Waals surface area contributed by atoms with Gasteiger partial charge in [-0.25, -0.2) is 0 Å². The molecule has 1 aromatic heterocycles. The number of aromatic nitrogens is 1. The zero-order chi connectivity index (χ0) is 13.0. The molecule has 18 heavy (non-hydrogen) atoms. The van der Waals surface area contributed by atoms with E-state index in [4.69, 9.17) is 26.8 Å². The van der Waals surface area contributed by atoms with Crippen LogP contribution in [0, 0.1) is 0 Å². The molecule has 0 spiro atoms. The Hall–Kier alpha value is -1.94. The van der Waals surface area contributed by atoms with E-state index in [1.807, 2.05) is 6.92 Å². The van der Waals surface area contributed by atoms with Gasteiger partial charge in [0.2, 0.25) is 11.8 Å². The highest BCUT2D eigenvalue weighted by molar-refractivity contribution is 6.32. The van der Waals surface area contributed by atoms with Crippen LogP contribution in [0.1, 0.15) is 6.92 Å². The van der Waals surface area contributed by atoms with Crippen molar-refractivity contribution in [3.8, 4) is 17.5 Å². The molecule has 0 unspecified atom stereocenters. The molecule has 94 valence electrons. The monoisotopic (exact) mass is 264 g/mol. The summed E-state index contributed by atoms with van der Waals surface area (Å²) in [6, 6.07) is 10.4. The first kappa shape index (κ1) is 12.5. The summed E-state index contributed by atoms with van der Waals surface area (Å²) in [5, 5.41) is 0.443. The lowest BCUT2D eigenvalue weighted by atomic mass is 10.3. The molecule has 0 aliphatic rings. The Labute approximate surface area is 110 Å². The van der Waals surface area contributed by atoms with E-state index >= 15 is 0 Å². The lowest BCUT2D eigenvalue weighted by Crippen LogP contribution is -1.97. The topological polar surface area (TPSA) is 57.4 Å². The van der Waals surface area contributed by atoms with Crippen molar-refractivity contribution in [3.05, 3.63) is 41.4 Å². The van der Waals surface area contributed by atoms with Gasteiger partial charge in [0.1, 0.15) is 0 Å². The summed E-state index contributed by atoms with van der Waals surface area (Å²) < 4.78 is 10.9. The minimum absolute atomic E-state index is 0.390. The summed E-state index contributed by atoms with van der Waals surface area (Å²) in [4.78, 5) is 4.18. The van der Waals surface area contributed by atoms with Crippen molar-refractivity contribution in [2.75, 3.05) is 12.3 Å². The molecular weight excluding hydrogens is 252 g/mol. The van der Waals surface area contributed by atoms with E-state index < -0.39 is 0 Å². The van der Waals surface area contributed by atoms with E-state index in [0.717, 1.165) is 0 Å². The Morgan fingerprint density at radius 3 is 2.61 bits per heavy atom. The number of hydrogen-bond donors (Lipinski definition) is 1. The summed E-state index contributed by atoms with van der Waals surface area (Å²) >= 11 is 6.02. The van der Waals surface area contributed by atoms with E-state index in [1.54, 1.807) is 36.4 Å². The molecule has 0 aliphatic carbocycles. The van der Waals surface area contributed by atoms with Crippen LogP contribution in [0.2, 0.25) is 5.02 Å². The number of para-hydroxylation sites is 1. The van der Waals surface area contributed by atoms with E-state index in [0.29, 0.717) is 34.8 Å². The van der Waals surface area contributed by atoms with Crippen molar-refractivity contribution in [1.82, 2.24) is 4.98 Å². The molecule has 2 N–H and O–H groups in total. The van der Waals surface area contributed by atoms with Crippen molar-refractivity contribution in [2.45, 2.75) is 6.92 Å². The maximum Gasteiger partial charge on any atom is 0.222 e. The van der Waals surface area contributed by atoms with E-state index in [-0.39, 0.29) is 0 Å². The molecule has 1 aromatic carbocycles. The van der Waals surface area contributed by atoms with Gasteiger partial charge in [-0.05, 0) is 19.1 Å². The molecular formula is C13H13ClN2O2. The van der Waals surface area contributed by atoms with Gasteiger partial charge < -0.3 is 15.2 Å². The van der Waals surface area contributed by atoms with Crippen molar-refractivity contribution in [1.29, 1.82) is 0 Å². The van der Waals surface area contributed by atoms with E-state index in [1.165, 1.54) is 0 Å². The Morgan fingerprint density at radius 1 is 1.17 bits per heavy atom. The molecule has 1 heterocycles. The number of nitrogens with two attached hydrogens (primary N) is 1. The number of halogens is 1. The molecule has 4 nitrogen and oxygen atoms in total. The van der Waals surface area contributed by atoms with Crippen molar-refractivity contribution < 1.29 is 9.47 Å². The average molecular weight is 265 g/mol. The van der Waals surface area contributed by atoms with Gasteiger partial charge in [0.05, 0.1) is 17.3 Å². The van der Waals surface area contributed by atoms with Crippen molar-refractivity contribution in [2.24, 2.45) is 0 Å². The largest absolute Gasteiger partial charge is 0.478 e. The lowest BCUT2D eigenvalue weighted by molar-refractivity contribution is 0.321. The van der Waals surface area contributed by atoms with Gasteiger partial charge >= 0.3 is 0 Å². The fraction of sp³-hybridized carbons (Fsp3) is 0.154. The summed E-state index contributed by atoms with van der Waals surface area (Å²) in [5.41, 5.74) is 6.26. The van der Waals surface area contributed by atoms with Gasteiger partial charge in [-0.3, -0.25) is 0 Å². The lowest BCUT2D eigenvalue weighted by Gasteiger charge is -2.10. The first-order chi connectivity index (χ1) is 8.70. The van der Waals surface area contributed by atoms with Crippen LogP contribution in [0.15, 0.2) is 36.4 Å². The minimum Gasteiger partial charge on any atom is -0.478 e. The highest BCUT2D eigenvalue weighted by Gasteiger charge is 2.08. The quantitative estimate of drug-likeness (QED) is 0.859. The molecule has 2 aromatic rings. The number of ether oxygens (including phenoxy) is 2. The summed E-state index contributed by atoms with van der Waals surface area (Å²) in [6.45, 7) is 2.44.